The Kier molecular flexibility index (Phi) is 10.2. The number of ether oxygens (including phenoxy) is 6. The van der Waals surface area contributed by atoms with Gasteiger partial charge in [0.05, 0.1) is 52.9 Å². The Labute approximate surface area is 184 Å². The van der Waals surface area contributed by atoms with Gasteiger partial charge in [0.2, 0.25) is 0 Å². The minimum absolute atomic E-state index is 0.408. The highest BCUT2D eigenvalue weighted by Crippen LogP contribution is 2.28. The molecule has 0 radical (unpaired) electrons. The van der Waals surface area contributed by atoms with E-state index in [1.165, 1.54) is 5.56 Å². The third-order valence-corrected chi connectivity index (χ3v) is 4.43. The lowest BCUT2D eigenvalue weighted by Crippen LogP contribution is -2.16. The van der Waals surface area contributed by atoms with Crippen LogP contribution >= 0.6 is 0 Å². The van der Waals surface area contributed by atoms with Crippen LogP contribution in [0.25, 0.3) is 0 Å². The first-order valence-electron chi connectivity index (χ1n) is 10.6. The van der Waals surface area contributed by atoms with Crippen LogP contribution in [0.1, 0.15) is 16.7 Å². The molecule has 2 aromatic carbocycles. The molecule has 1 heterocycles. The van der Waals surface area contributed by atoms with Gasteiger partial charge in [0.15, 0.2) is 11.5 Å². The van der Waals surface area contributed by atoms with Gasteiger partial charge in [0.25, 0.3) is 0 Å². The lowest BCUT2D eigenvalue weighted by Gasteiger charge is -2.14. The van der Waals surface area contributed by atoms with E-state index < -0.39 is 0 Å². The van der Waals surface area contributed by atoms with Crippen molar-refractivity contribution >= 4 is 0 Å². The van der Waals surface area contributed by atoms with Gasteiger partial charge in [0, 0.05) is 11.1 Å². The minimum atomic E-state index is 0.408. The summed E-state index contributed by atoms with van der Waals surface area (Å²) in [6.07, 6.45) is 0. The average molecular weight is 427 g/mol. The molecule has 0 saturated heterocycles. The first-order valence-corrected chi connectivity index (χ1v) is 10.6. The summed E-state index contributed by atoms with van der Waals surface area (Å²) >= 11 is 0. The van der Waals surface area contributed by atoms with Gasteiger partial charge in [-0.25, -0.2) is 0 Å². The van der Waals surface area contributed by atoms with Crippen molar-refractivity contribution in [3.05, 3.63) is 59.2 Å². The maximum absolute atomic E-state index is 5.92. The highest BCUT2D eigenvalue weighted by Gasteiger charge is 2.07. The molecule has 0 atom stereocenters. The Morgan fingerprint density at radius 2 is 0.968 bits per heavy atom. The minimum Gasteiger partial charge on any atom is -0.487 e. The molecule has 0 aliphatic carbocycles. The van der Waals surface area contributed by atoms with Crippen LogP contribution in [0.4, 0.5) is 0 Å². The summed E-state index contributed by atoms with van der Waals surface area (Å²) in [5.74, 6) is 7.67. The van der Waals surface area contributed by atoms with Crippen LogP contribution < -0.4 is 9.47 Å². The molecule has 1 aliphatic rings. The molecule has 6 nitrogen and oxygen atoms in total. The zero-order valence-corrected chi connectivity index (χ0v) is 18.1. The van der Waals surface area contributed by atoms with Crippen molar-refractivity contribution in [3.8, 4) is 23.3 Å². The smallest absolute Gasteiger partial charge is 0.162 e. The van der Waals surface area contributed by atoms with E-state index in [1.54, 1.807) is 0 Å². The first-order chi connectivity index (χ1) is 15.3. The zero-order valence-electron chi connectivity index (χ0n) is 18.1. The van der Waals surface area contributed by atoms with Gasteiger partial charge in [-0.2, -0.15) is 0 Å². The van der Waals surface area contributed by atoms with Gasteiger partial charge < -0.3 is 28.4 Å². The van der Waals surface area contributed by atoms with Crippen molar-refractivity contribution in [2.45, 2.75) is 6.92 Å². The fourth-order valence-corrected chi connectivity index (χ4v) is 2.78. The van der Waals surface area contributed by atoms with Gasteiger partial charge in [-0.3, -0.25) is 0 Å². The van der Waals surface area contributed by atoms with Crippen molar-refractivity contribution < 1.29 is 28.4 Å². The normalized spacial score (nSPS) is 16.9. The second kappa shape index (κ2) is 13.7. The molecular weight excluding hydrogens is 396 g/mol. The fraction of sp³-hybridized carbons (Fsp3) is 0.440. The standard InChI is InChI=1S/C25H30O6/c1-21-2-4-22(5-3-21)6-7-23-8-9-24-25(20-23)31-19-17-29-15-13-27-11-10-26-12-14-28-16-18-30-24/h2-5,8-9,20H,10-19H2,1H3. The molecule has 1 aliphatic heterocycles. The van der Waals surface area contributed by atoms with Crippen molar-refractivity contribution in [2.24, 2.45) is 0 Å². The van der Waals surface area contributed by atoms with Gasteiger partial charge in [0.1, 0.15) is 13.2 Å². The number of benzene rings is 2. The van der Waals surface area contributed by atoms with Gasteiger partial charge >= 0.3 is 0 Å². The van der Waals surface area contributed by atoms with Crippen molar-refractivity contribution in [1.82, 2.24) is 0 Å². The lowest BCUT2D eigenvalue weighted by atomic mass is 10.1. The highest BCUT2D eigenvalue weighted by atomic mass is 16.6. The highest BCUT2D eigenvalue weighted by molar-refractivity contribution is 5.50. The lowest BCUT2D eigenvalue weighted by molar-refractivity contribution is -0.00841. The molecule has 2 aromatic rings. The van der Waals surface area contributed by atoms with Crippen LogP contribution in [0.15, 0.2) is 42.5 Å². The molecule has 0 fully saturated rings. The van der Waals surface area contributed by atoms with E-state index in [0.29, 0.717) is 77.6 Å². The van der Waals surface area contributed by atoms with Gasteiger partial charge in [-0.15, -0.1) is 0 Å². The third kappa shape index (κ3) is 8.99. The summed E-state index contributed by atoms with van der Waals surface area (Å²) in [7, 11) is 0. The van der Waals surface area contributed by atoms with E-state index in [9.17, 15) is 0 Å². The van der Waals surface area contributed by atoms with Gasteiger partial charge in [-0.1, -0.05) is 29.5 Å². The van der Waals surface area contributed by atoms with E-state index in [0.717, 1.165) is 11.1 Å². The molecule has 3 rings (SSSR count). The van der Waals surface area contributed by atoms with Crippen LogP contribution in [0.3, 0.4) is 0 Å². The number of aryl methyl sites for hydroxylation is 1. The maximum Gasteiger partial charge on any atom is 0.162 e. The van der Waals surface area contributed by atoms with Crippen molar-refractivity contribution in [2.75, 3.05) is 66.1 Å². The second-order valence-electron chi connectivity index (χ2n) is 6.92. The molecular formula is C25H30O6. The molecule has 0 amide bonds. The summed E-state index contributed by atoms with van der Waals surface area (Å²) in [6.45, 7) is 6.99. The molecule has 0 aromatic heterocycles. The predicted molar refractivity (Wildman–Crippen MR) is 118 cm³/mol. The molecule has 0 unspecified atom stereocenters. The number of hydrogen-bond acceptors (Lipinski definition) is 6. The molecule has 0 spiro atoms. The van der Waals surface area contributed by atoms with Crippen LogP contribution in [-0.4, -0.2) is 66.1 Å². The Hall–Kier alpha value is -2.56. The number of hydrogen-bond donors (Lipinski definition) is 0. The molecule has 6 heteroatoms. The summed E-state index contributed by atoms with van der Waals surface area (Å²) in [6, 6.07) is 13.8. The molecule has 166 valence electrons. The van der Waals surface area contributed by atoms with Crippen molar-refractivity contribution in [1.29, 1.82) is 0 Å². The average Bonchev–Trinajstić information content (AvgIpc) is 2.79. The van der Waals surface area contributed by atoms with E-state index in [4.69, 9.17) is 28.4 Å². The van der Waals surface area contributed by atoms with Crippen LogP contribution in [0, 0.1) is 18.8 Å². The molecule has 0 bridgehead atoms. The van der Waals surface area contributed by atoms with Gasteiger partial charge in [-0.05, 0) is 37.3 Å². The third-order valence-electron chi connectivity index (χ3n) is 4.43. The summed E-state index contributed by atoms with van der Waals surface area (Å²) < 4.78 is 33.8. The molecule has 0 saturated carbocycles. The predicted octanol–water partition coefficient (Wildman–Crippen LogP) is 3.23. The van der Waals surface area contributed by atoms with Crippen molar-refractivity contribution in [3.63, 3.8) is 0 Å². The topological polar surface area (TPSA) is 55.4 Å². The molecule has 31 heavy (non-hydrogen) atoms. The molecule has 0 N–H and O–H groups in total. The monoisotopic (exact) mass is 426 g/mol. The maximum atomic E-state index is 5.92. The fourth-order valence-electron chi connectivity index (χ4n) is 2.78. The van der Waals surface area contributed by atoms with Crippen LogP contribution in [0.5, 0.6) is 11.5 Å². The SMILES string of the molecule is Cc1ccc(C#Cc2ccc3c(c2)OCCOCCOCCOCCOCCO3)cc1. The number of fused-ring (bicyclic) bond motifs is 1. The Bertz CT molecular complexity index is 837. The summed E-state index contributed by atoms with van der Waals surface area (Å²) in [5.41, 5.74) is 3.04. The largest absolute Gasteiger partial charge is 0.487 e. The van der Waals surface area contributed by atoms with E-state index >= 15 is 0 Å². The second-order valence-corrected chi connectivity index (χ2v) is 6.92. The van der Waals surface area contributed by atoms with E-state index in [2.05, 4.69) is 30.9 Å². The summed E-state index contributed by atoms with van der Waals surface area (Å²) in [5, 5.41) is 0. The number of rotatable bonds is 0. The first kappa shape index (κ1) is 23.1. The van der Waals surface area contributed by atoms with E-state index in [1.807, 2.05) is 30.3 Å². The zero-order chi connectivity index (χ0) is 21.6. The Balaban J connectivity index is 1.64. The Morgan fingerprint density at radius 1 is 0.516 bits per heavy atom. The quantitative estimate of drug-likeness (QED) is 0.603. The van der Waals surface area contributed by atoms with Crippen LogP contribution in [0.2, 0.25) is 0 Å². The Morgan fingerprint density at radius 3 is 1.55 bits per heavy atom. The van der Waals surface area contributed by atoms with Crippen LogP contribution in [-0.2, 0) is 18.9 Å². The summed E-state index contributed by atoms with van der Waals surface area (Å²) in [4.78, 5) is 0. The van der Waals surface area contributed by atoms with E-state index in [-0.39, 0.29) is 0 Å².